The van der Waals surface area contributed by atoms with Crippen molar-refractivity contribution in [2.24, 2.45) is 0 Å². The molecule has 0 saturated heterocycles. The van der Waals surface area contributed by atoms with E-state index in [1.54, 1.807) is 0 Å². The average Bonchev–Trinajstić information content (AvgIpc) is 2.58. The number of carbonyl (C=O) groups is 1. The molecule has 2 aromatic rings. The van der Waals surface area contributed by atoms with Crippen molar-refractivity contribution in [2.45, 2.75) is 13.1 Å². The van der Waals surface area contributed by atoms with Gasteiger partial charge < -0.3 is 4.52 Å². The fourth-order valence-corrected chi connectivity index (χ4v) is 1.36. The molecule has 6 heteroatoms. The zero-order valence-corrected chi connectivity index (χ0v) is 8.13. The minimum atomic E-state index is -4.55. The number of aromatic nitrogens is 1. The van der Waals surface area contributed by atoms with E-state index in [0.29, 0.717) is 0 Å². The summed E-state index contributed by atoms with van der Waals surface area (Å²) < 4.78 is 41.8. The number of halogens is 3. The summed E-state index contributed by atoms with van der Waals surface area (Å²) in [6.45, 7) is 1.32. The average molecular weight is 229 g/mol. The van der Waals surface area contributed by atoms with Crippen molar-refractivity contribution >= 4 is 16.8 Å². The molecule has 0 atom stereocenters. The molecular formula is C10H6F3NO2. The van der Waals surface area contributed by atoms with Crippen LogP contribution in [0.2, 0.25) is 0 Å². The summed E-state index contributed by atoms with van der Waals surface area (Å²) in [6.07, 6.45) is -4.55. The summed E-state index contributed by atoms with van der Waals surface area (Å²) in [5.41, 5.74) is -0.824. The van der Waals surface area contributed by atoms with Gasteiger partial charge in [0.25, 0.3) is 0 Å². The van der Waals surface area contributed by atoms with E-state index in [4.69, 9.17) is 0 Å². The Bertz CT molecular complexity index is 557. The van der Waals surface area contributed by atoms with Crippen molar-refractivity contribution in [3.63, 3.8) is 0 Å². The molecule has 0 aliphatic rings. The molecular weight excluding hydrogens is 223 g/mol. The maximum atomic E-state index is 12.4. The van der Waals surface area contributed by atoms with Gasteiger partial charge in [0, 0.05) is 5.56 Å². The van der Waals surface area contributed by atoms with Gasteiger partial charge in [-0.05, 0) is 19.1 Å². The number of hydrogen-bond donors (Lipinski definition) is 0. The maximum Gasteiger partial charge on any atom is 0.437 e. The molecule has 0 fully saturated rings. The largest absolute Gasteiger partial charge is 0.437 e. The van der Waals surface area contributed by atoms with E-state index in [2.05, 4.69) is 9.68 Å². The monoisotopic (exact) mass is 229 g/mol. The molecule has 1 aromatic heterocycles. The van der Waals surface area contributed by atoms with E-state index in [9.17, 15) is 18.0 Å². The van der Waals surface area contributed by atoms with Crippen LogP contribution in [0.1, 0.15) is 23.0 Å². The highest BCUT2D eigenvalue weighted by molar-refractivity contribution is 5.97. The van der Waals surface area contributed by atoms with Crippen LogP contribution in [-0.4, -0.2) is 10.9 Å². The predicted molar refractivity (Wildman–Crippen MR) is 49.0 cm³/mol. The minimum Gasteiger partial charge on any atom is -0.356 e. The van der Waals surface area contributed by atoms with Crippen LogP contribution < -0.4 is 0 Å². The topological polar surface area (TPSA) is 43.1 Å². The molecule has 0 saturated carbocycles. The SMILES string of the molecule is CC(=O)c1ccc2c(C(F)(F)F)noc2c1. The molecule has 0 amide bonds. The van der Waals surface area contributed by atoms with E-state index in [1.807, 2.05) is 0 Å². The Morgan fingerprint density at radius 2 is 2.06 bits per heavy atom. The van der Waals surface area contributed by atoms with Crippen molar-refractivity contribution in [1.29, 1.82) is 0 Å². The Morgan fingerprint density at radius 3 is 2.62 bits per heavy atom. The molecule has 3 nitrogen and oxygen atoms in total. The summed E-state index contributed by atoms with van der Waals surface area (Å²) in [5.74, 6) is -0.244. The number of nitrogens with zero attached hydrogens (tertiary/aromatic N) is 1. The first kappa shape index (κ1) is 10.7. The summed E-state index contributed by atoms with van der Waals surface area (Å²) >= 11 is 0. The molecule has 0 radical (unpaired) electrons. The highest BCUT2D eigenvalue weighted by Crippen LogP contribution is 2.34. The summed E-state index contributed by atoms with van der Waals surface area (Å²) in [5, 5.41) is 2.81. The molecule has 84 valence electrons. The zero-order valence-electron chi connectivity index (χ0n) is 8.13. The van der Waals surface area contributed by atoms with Crippen LogP contribution >= 0.6 is 0 Å². The number of benzene rings is 1. The second-order valence-corrected chi connectivity index (χ2v) is 3.30. The summed E-state index contributed by atoms with van der Waals surface area (Å²) in [6, 6.07) is 3.75. The Hall–Kier alpha value is -1.85. The van der Waals surface area contributed by atoms with Crippen LogP contribution in [0.5, 0.6) is 0 Å². The van der Waals surface area contributed by atoms with Gasteiger partial charge in [-0.3, -0.25) is 4.79 Å². The number of hydrogen-bond acceptors (Lipinski definition) is 3. The first-order chi connectivity index (χ1) is 7.39. The van der Waals surface area contributed by atoms with Gasteiger partial charge in [-0.25, -0.2) is 0 Å². The van der Waals surface area contributed by atoms with E-state index in [1.165, 1.54) is 25.1 Å². The molecule has 1 aromatic carbocycles. The van der Waals surface area contributed by atoms with Gasteiger partial charge >= 0.3 is 6.18 Å². The number of carbonyl (C=O) groups excluding carboxylic acids is 1. The van der Waals surface area contributed by atoms with Crippen molar-refractivity contribution in [2.75, 3.05) is 0 Å². The van der Waals surface area contributed by atoms with E-state index in [-0.39, 0.29) is 22.3 Å². The number of Topliss-reactive ketones (excluding diaryl/α,β-unsaturated/α-hetero) is 1. The van der Waals surface area contributed by atoms with Crippen LogP contribution in [-0.2, 0) is 6.18 Å². The molecule has 1 heterocycles. The second kappa shape index (κ2) is 3.33. The Labute approximate surface area is 87.8 Å². The van der Waals surface area contributed by atoms with Crippen LogP contribution in [0.25, 0.3) is 11.0 Å². The Balaban J connectivity index is 2.64. The second-order valence-electron chi connectivity index (χ2n) is 3.30. The zero-order chi connectivity index (χ0) is 11.9. The third-order valence-corrected chi connectivity index (χ3v) is 2.15. The molecule has 0 spiro atoms. The van der Waals surface area contributed by atoms with Gasteiger partial charge in [-0.2, -0.15) is 13.2 Å². The van der Waals surface area contributed by atoms with Gasteiger partial charge in [0.15, 0.2) is 17.1 Å². The van der Waals surface area contributed by atoms with Crippen molar-refractivity contribution in [1.82, 2.24) is 5.16 Å². The molecule has 16 heavy (non-hydrogen) atoms. The first-order valence-electron chi connectivity index (χ1n) is 4.37. The standard InChI is InChI=1S/C10H6F3NO2/c1-5(15)6-2-3-7-8(4-6)16-14-9(7)10(11,12)13/h2-4H,1H3. The van der Waals surface area contributed by atoms with Crippen LogP contribution in [0.15, 0.2) is 22.7 Å². The molecule has 0 aliphatic heterocycles. The normalized spacial score (nSPS) is 12.0. The third-order valence-electron chi connectivity index (χ3n) is 2.15. The fraction of sp³-hybridized carbons (Fsp3) is 0.200. The van der Waals surface area contributed by atoms with Crippen molar-refractivity contribution in [3.8, 4) is 0 Å². The van der Waals surface area contributed by atoms with Gasteiger partial charge in [0.2, 0.25) is 0 Å². The van der Waals surface area contributed by atoms with Gasteiger partial charge in [0.05, 0.1) is 5.39 Å². The van der Waals surface area contributed by atoms with E-state index >= 15 is 0 Å². The smallest absolute Gasteiger partial charge is 0.356 e. The molecule has 0 bridgehead atoms. The Morgan fingerprint density at radius 1 is 1.38 bits per heavy atom. The van der Waals surface area contributed by atoms with Gasteiger partial charge in [-0.1, -0.05) is 11.2 Å². The van der Waals surface area contributed by atoms with E-state index in [0.717, 1.165) is 0 Å². The number of alkyl halides is 3. The van der Waals surface area contributed by atoms with Crippen LogP contribution in [0.3, 0.4) is 0 Å². The molecule has 0 N–H and O–H groups in total. The van der Waals surface area contributed by atoms with Crippen LogP contribution in [0, 0.1) is 0 Å². The summed E-state index contributed by atoms with van der Waals surface area (Å²) in [4.78, 5) is 11.0. The predicted octanol–water partition coefficient (Wildman–Crippen LogP) is 3.05. The van der Waals surface area contributed by atoms with Gasteiger partial charge in [0.1, 0.15) is 0 Å². The summed E-state index contributed by atoms with van der Waals surface area (Å²) in [7, 11) is 0. The first-order valence-corrected chi connectivity index (χ1v) is 4.37. The maximum absolute atomic E-state index is 12.4. The molecule has 0 aliphatic carbocycles. The van der Waals surface area contributed by atoms with Crippen molar-refractivity contribution < 1.29 is 22.5 Å². The highest BCUT2D eigenvalue weighted by atomic mass is 19.4. The highest BCUT2D eigenvalue weighted by Gasteiger charge is 2.37. The van der Waals surface area contributed by atoms with Crippen molar-refractivity contribution in [3.05, 3.63) is 29.5 Å². The van der Waals surface area contributed by atoms with E-state index < -0.39 is 11.9 Å². The fourth-order valence-electron chi connectivity index (χ4n) is 1.36. The number of rotatable bonds is 1. The lowest BCUT2D eigenvalue weighted by Crippen LogP contribution is -2.05. The van der Waals surface area contributed by atoms with Gasteiger partial charge in [-0.15, -0.1) is 0 Å². The Kier molecular flexibility index (Phi) is 2.22. The minimum absolute atomic E-state index is 0.0416. The number of fused-ring (bicyclic) bond motifs is 1. The third kappa shape index (κ3) is 1.66. The lowest BCUT2D eigenvalue weighted by molar-refractivity contribution is -0.141. The lowest BCUT2D eigenvalue weighted by Gasteiger charge is -2.00. The quantitative estimate of drug-likeness (QED) is 0.706. The molecule has 0 unspecified atom stereocenters. The molecule has 2 rings (SSSR count). The number of ketones is 1. The van der Waals surface area contributed by atoms with Crippen LogP contribution in [0.4, 0.5) is 13.2 Å². The lowest BCUT2D eigenvalue weighted by atomic mass is 10.1.